The van der Waals surface area contributed by atoms with Crippen molar-refractivity contribution < 1.29 is 14.5 Å². The number of non-ortho nitro benzene ring substituents is 1. The van der Waals surface area contributed by atoms with Crippen molar-refractivity contribution in [2.45, 2.75) is 13.8 Å². The lowest BCUT2D eigenvalue weighted by atomic mass is 10.2. The van der Waals surface area contributed by atoms with Gasteiger partial charge in [0.2, 0.25) is 0 Å². The Morgan fingerprint density at radius 1 is 1.13 bits per heavy atom. The van der Waals surface area contributed by atoms with E-state index in [1.807, 2.05) is 19.9 Å². The van der Waals surface area contributed by atoms with E-state index < -0.39 is 10.8 Å². The molecule has 1 amide bonds. The zero-order valence-corrected chi connectivity index (χ0v) is 17.3. The average Bonchev–Trinajstić information content (AvgIpc) is 3.14. The number of hydrogen-bond acceptors (Lipinski definition) is 6. The highest BCUT2D eigenvalue weighted by Crippen LogP contribution is 2.30. The molecule has 0 saturated heterocycles. The monoisotopic (exact) mass is 437 g/mol. The van der Waals surface area contributed by atoms with E-state index >= 15 is 0 Å². The maximum atomic E-state index is 12.9. The molecule has 0 radical (unpaired) electrons. The van der Waals surface area contributed by atoms with E-state index in [4.69, 9.17) is 16.3 Å². The van der Waals surface area contributed by atoms with E-state index in [0.717, 1.165) is 11.4 Å². The normalized spacial score (nSPS) is 10.8. The van der Waals surface area contributed by atoms with Crippen LogP contribution >= 0.6 is 11.6 Å². The molecule has 9 nitrogen and oxygen atoms in total. The molecule has 31 heavy (non-hydrogen) atoms. The van der Waals surface area contributed by atoms with Crippen molar-refractivity contribution in [1.82, 2.24) is 14.6 Å². The molecule has 10 heteroatoms. The van der Waals surface area contributed by atoms with Gasteiger partial charge >= 0.3 is 0 Å². The van der Waals surface area contributed by atoms with E-state index in [1.54, 1.807) is 28.8 Å². The van der Waals surface area contributed by atoms with E-state index in [0.29, 0.717) is 16.4 Å². The van der Waals surface area contributed by atoms with Crippen LogP contribution in [-0.4, -0.2) is 25.4 Å². The van der Waals surface area contributed by atoms with Crippen LogP contribution in [0, 0.1) is 24.0 Å². The predicted molar refractivity (Wildman–Crippen MR) is 115 cm³/mol. The number of rotatable bonds is 5. The number of nitrogens with one attached hydrogen (secondary N) is 1. The molecular formula is C21H16ClN5O4. The second kappa shape index (κ2) is 8.04. The summed E-state index contributed by atoms with van der Waals surface area (Å²) in [5.74, 6) is 0.141. The van der Waals surface area contributed by atoms with Crippen molar-refractivity contribution >= 4 is 34.5 Å². The number of carbonyl (C=O) groups excluding carboxylic acids is 1. The molecule has 4 rings (SSSR count). The Balaban J connectivity index is 1.66. The minimum atomic E-state index is -0.562. The Bertz CT molecular complexity index is 1320. The number of carbonyl (C=O) groups is 1. The Labute approximate surface area is 181 Å². The second-order valence-corrected chi connectivity index (χ2v) is 7.25. The van der Waals surface area contributed by atoms with Crippen molar-refractivity contribution in [3.8, 4) is 11.5 Å². The summed E-state index contributed by atoms with van der Waals surface area (Å²) in [5.41, 5.74) is 2.19. The van der Waals surface area contributed by atoms with Gasteiger partial charge < -0.3 is 10.1 Å². The zero-order chi connectivity index (χ0) is 22.1. The van der Waals surface area contributed by atoms with Crippen LogP contribution < -0.4 is 10.1 Å². The first kappa shape index (κ1) is 20.3. The third-order valence-corrected chi connectivity index (χ3v) is 4.68. The van der Waals surface area contributed by atoms with Gasteiger partial charge in [0.05, 0.1) is 22.9 Å². The van der Waals surface area contributed by atoms with Crippen molar-refractivity contribution in [3.05, 3.63) is 86.8 Å². The summed E-state index contributed by atoms with van der Waals surface area (Å²) in [6.07, 6.45) is 1.41. The van der Waals surface area contributed by atoms with E-state index in [9.17, 15) is 14.9 Å². The lowest BCUT2D eigenvalue weighted by Gasteiger charge is -2.09. The van der Waals surface area contributed by atoms with Gasteiger partial charge in [-0.15, -0.1) is 0 Å². The molecule has 2 heterocycles. The molecule has 0 spiro atoms. The molecular weight excluding hydrogens is 422 g/mol. The van der Waals surface area contributed by atoms with Crippen LogP contribution in [-0.2, 0) is 0 Å². The number of ether oxygens (including phenoxy) is 1. The lowest BCUT2D eigenvalue weighted by molar-refractivity contribution is -0.384. The van der Waals surface area contributed by atoms with Gasteiger partial charge in [-0.1, -0.05) is 11.6 Å². The van der Waals surface area contributed by atoms with Crippen LogP contribution in [0.2, 0.25) is 5.02 Å². The second-order valence-electron chi connectivity index (χ2n) is 6.82. The van der Waals surface area contributed by atoms with Gasteiger partial charge in [0.15, 0.2) is 5.65 Å². The number of aromatic nitrogens is 3. The fraction of sp³-hybridized carbons (Fsp3) is 0.0952. The molecule has 0 aliphatic rings. The summed E-state index contributed by atoms with van der Waals surface area (Å²) in [6, 6.07) is 12.4. The van der Waals surface area contributed by atoms with Gasteiger partial charge in [-0.05, 0) is 44.2 Å². The highest BCUT2D eigenvalue weighted by atomic mass is 35.5. The fourth-order valence-electron chi connectivity index (χ4n) is 3.09. The van der Waals surface area contributed by atoms with Crippen LogP contribution in [0.15, 0.2) is 54.7 Å². The lowest BCUT2D eigenvalue weighted by Crippen LogP contribution is -2.12. The number of benzene rings is 2. The number of hydrogen-bond donors (Lipinski definition) is 1. The summed E-state index contributed by atoms with van der Waals surface area (Å²) in [6.45, 7) is 3.68. The van der Waals surface area contributed by atoms with E-state index in [2.05, 4.69) is 15.4 Å². The summed E-state index contributed by atoms with van der Waals surface area (Å²) < 4.78 is 7.26. The van der Waals surface area contributed by atoms with Gasteiger partial charge in [0, 0.05) is 28.5 Å². The third-order valence-electron chi connectivity index (χ3n) is 4.43. The summed E-state index contributed by atoms with van der Waals surface area (Å²) in [7, 11) is 0. The third kappa shape index (κ3) is 4.31. The van der Waals surface area contributed by atoms with Gasteiger partial charge in [-0.25, -0.2) is 9.50 Å². The van der Waals surface area contributed by atoms with Crippen LogP contribution in [0.25, 0.3) is 5.65 Å². The van der Waals surface area contributed by atoms with Gasteiger partial charge in [0.1, 0.15) is 17.1 Å². The summed E-state index contributed by atoms with van der Waals surface area (Å²) in [5, 5.41) is 18.8. The van der Waals surface area contributed by atoms with Crippen LogP contribution in [0.3, 0.4) is 0 Å². The quantitative estimate of drug-likeness (QED) is 0.349. The number of fused-ring (bicyclic) bond motifs is 1. The number of nitrogens with zero attached hydrogens (tertiary/aromatic N) is 4. The van der Waals surface area contributed by atoms with Crippen molar-refractivity contribution in [1.29, 1.82) is 0 Å². The number of aryl methyl sites for hydroxylation is 2. The average molecular weight is 438 g/mol. The van der Waals surface area contributed by atoms with Crippen molar-refractivity contribution in [2.75, 3.05) is 5.32 Å². The maximum Gasteiger partial charge on any atom is 0.275 e. The minimum absolute atomic E-state index is 0.191. The maximum absolute atomic E-state index is 12.9. The minimum Gasteiger partial charge on any atom is -0.457 e. The Hall–Kier alpha value is -3.98. The molecule has 156 valence electrons. The van der Waals surface area contributed by atoms with Crippen molar-refractivity contribution in [3.63, 3.8) is 0 Å². The largest absolute Gasteiger partial charge is 0.457 e. The summed E-state index contributed by atoms with van der Waals surface area (Å²) in [4.78, 5) is 28.1. The molecule has 0 aliphatic carbocycles. The number of anilines is 1. The molecule has 2 aromatic carbocycles. The smallest absolute Gasteiger partial charge is 0.275 e. The predicted octanol–water partition coefficient (Wildman–Crippen LogP) is 4.95. The molecule has 4 aromatic rings. The molecule has 1 N–H and O–H groups in total. The van der Waals surface area contributed by atoms with Crippen LogP contribution in [0.4, 0.5) is 11.4 Å². The SMILES string of the molecule is Cc1cc(C)n2ncc(C(=O)Nc3cc(Oc4ccc(Cl)cc4)cc([N+](=O)[O-])c3)c2n1. The molecule has 0 fully saturated rings. The molecule has 0 unspecified atom stereocenters. The Morgan fingerprint density at radius 3 is 2.58 bits per heavy atom. The van der Waals surface area contributed by atoms with Crippen molar-refractivity contribution in [2.24, 2.45) is 0 Å². The zero-order valence-electron chi connectivity index (χ0n) is 16.5. The topological polar surface area (TPSA) is 112 Å². The highest BCUT2D eigenvalue weighted by Gasteiger charge is 2.18. The molecule has 0 aliphatic heterocycles. The fourth-order valence-corrected chi connectivity index (χ4v) is 3.21. The van der Waals surface area contributed by atoms with Gasteiger partial charge in [0.25, 0.3) is 11.6 Å². The van der Waals surface area contributed by atoms with Gasteiger partial charge in [-0.2, -0.15) is 5.10 Å². The van der Waals surface area contributed by atoms with Gasteiger partial charge in [-0.3, -0.25) is 14.9 Å². The van der Waals surface area contributed by atoms with Crippen LogP contribution in [0.1, 0.15) is 21.7 Å². The molecule has 2 aromatic heterocycles. The molecule has 0 atom stereocenters. The molecule has 0 bridgehead atoms. The first-order valence-corrected chi connectivity index (χ1v) is 9.54. The first-order chi connectivity index (χ1) is 14.8. The number of nitro groups is 1. The number of halogens is 1. The van der Waals surface area contributed by atoms with E-state index in [1.165, 1.54) is 24.4 Å². The van der Waals surface area contributed by atoms with Crippen LogP contribution in [0.5, 0.6) is 11.5 Å². The number of nitro benzene ring substituents is 1. The van der Waals surface area contributed by atoms with E-state index in [-0.39, 0.29) is 22.7 Å². The Kier molecular flexibility index (Phi) is 5.26. The molecule has 0 saturated carbocycles. The summed E-state index contributed by atoms with van der Waals surface area (Å²) >= 11 is 5.87. The Morgan fingerprint density at radius 2 is 1.87 bits per heavy atom. The standard InChI is InChI=1S/C21H16ClN5O4/c1-12-7-13(2)26-20(24-12)19(11-23-26)21(28)25-15-8-16(27(29)30)10-18(9-15)31-17-5-3-14(22)4-6-17/h3-11H,1-2H3,(H,25,28). The number of amides is 1. The highest BCUT2D eigenvalue weighted by molar-refractivity contribution is 6.30. The first-order valence-electron chi connectivity index (χ1n) is 9.16.